The first-order valence-electron chi connectivity index (χ1n) is 7.79. The van der Waals surface area contributed by atoms with Crippen LogP contribution in [0.4, 0.5) is 5.69 Å². The Kier molecular flexibility index (Phi) is 5.90. The molecule has 0 aromatic heterocycles. The van der Waals surface area contributed by atoms with Crippen molar-refractivity contribution in [3.63, 3.8) is 0 Å². The van der Waals surface area contributed by atoms with Crippen molar-refractivity contribution < 1.29 is 4.79 Å². The van der Waals surface area contributed by atoms with E-state index in [2.05, 4.69) is 17.6 Å². The lowest BCUT2D eigenvalue weighted by Gasteiger charge is -2.26. The van der Waals surface area contributed by atoms with Gasteiger partial charge in [-0.2, -0.15) is 0 Å². The fourth-order valence-corrected chi connectivity index (χ4v) is 3.04. The van der Waals surface area contributed by atoms with Crippen LogP contribution in [-0.2, 0) is 4.79 Å². The Hall–Kier alpha value is -1.51. The molecule has 1 saturated carbocycles. The minimum Gasteiger partial charge on any atom is -0.376 e. The third kappa shape index (κ3) is 5.24. The fraction of sp³-hybridized carbons (Fsp3) is 0.588. The molecule has 1 aliphatic rings. The third-order valence-corrected chi connectivity index (χ3v) is 4.15. The Bertz CT molecular complexity index is 405. The highest BCUT2D eigenvalue weighted by Crippen LogP contribution is 2.30. The van der Waals surface area contributed by atoms with E-state index in [1.165, 1.54) is 25.7 Å². The molecule has 0 aliphatic heterocycles. The van der Waals surface area contributed by atoms with Crippen molar-refractivity contribution in [1.82, 2.24) is 5.32 Å². The molecule has 0 saturated heterocycles. The third-order valence-electron chi connectivity index (χ3n) is 4.15. The maximum atomic E-state index is 11.7. The molecule has 1 aliphatic carbocycles. The SMILES string of the molecule is CC1CCCC(CCNC(=O)CNc2ccccc2)C1. The summed E-state index contributed by atoms with van der Waals surface area (Å²) >= 11 is 0. The van der Waals surface area contributed by atoms with Crippen LogP contribution < -0.4 is 10.6 Å². The number of amides is 1. The zero-order valence-corrected chi connectivity index (χ0v) is 12.4. The normalized spacial score (nSPS) is 22.2. The highest BCUT2D eigenvalue weighted by Gasteiger charge is 2.18. The van der Waals surface area contributed by atoms with E-state index in [0.29, 0.717) is 6.54 Å². The van der Waals surface area contributed by atoms with Crippen molar-refractivity contribution in [2.24, 2.45) is 11.8 Å². The van der Waals surface area contributed by atoms with Crippen molar-refractivity contribution in [3.05, 3.63) is 30.3 Å². The highest BCUT2D eigenvalue weighted by molar-refractivity contribution is 5.80. The van der Waals surface area contributed by atoms with E-state index in [4.69, 9.17) is 0 Å². The van der Waals surface area contributed by atoms with Gasteiger partial charge in [-0.1, -0.05) is 44.4 Å². The largest absolute Gasteiger partial charge is 0.376 e. The van der Waals surface area contributed by atoms with Crippen LogP contribution in [-0.4, -0.2) is 19.0 Å². The van der Waals surface area contributed by atoms with E-state index in [9.17, 15) is 4.79 Å². The second kappa shape index (κ2) is 7.93. The Balaban J connectivity index is 1.58. The van der Waals surface area contributed by atoms with Gasteiger partial charge >= 0.3 is 0 Å². The second-order valence-corrected chi connectivity index (χ2v) is 6.00. The number of anilines is 1. The number of carbonyl (C=O) groups excluding carboxylic acids is 1. The molecule has 0 bridgehead atoms. The molecule has 0 radical (unpaired) electrons. The first-order valence-corrected chi connectivity index (χ1v) is 7.79. The molecule has 2 rings (SSSR count). The van der Waals surface area contributed by atoms with E-state index >= 15 is 0 Å². The van der Waals surface area contributed by atoms with Gasteiger partial charge in [-0.25, -0.2) is 0 Å². The van der Waals surface area contributed by atoms with Crippen molar-refractivity contribution >= 4 is 11.6 Å². The van der Waals surface area contributed by atoms with Crippen LogP contribution in [0.15, 0.2) is 30.3 Å². The van der Waals surface area contributed by atoms with Crippen molar-refractivity contribution in [2.75, 3.05) is 18.4 Å². The maximum Gasteiger partial charge on any atom is 0.239 e. The van der Waals surface area contributed by atoms with Crippen LogP contribution in [0.5, 0.6) is 0 Å². The summed E-state index contributed by atoms with van der Waals surface area (Å²) in [6, 6.07) is 9.83. The number of hydrogen-bond donors (Lipinski definition) is 2. The summed E-state index contributed by atoms with van der Waals surface area (Å²) in [5.74, 6) is 1.75. The van der Waals surface area contributed by atoms with Gasteiger partial charge in [0.15, 0.2) is 0 Å². The average Bonchev–Trinajstić information content (AvgIpc) is 2.46. The van der Waals surface area contributed by atoms with Crippen molar-refractivity contribution in [3.8, 4) is 0 Å². The summed E-state index contributed by atoms with van der Waals surface area (Å²) in [7, 11) is 0. The van der Waals surface area contributed by atoms with Crippen LogP contribution in [0, 0.1) is 11.8 Å². The summed E-state index contributed by atoms with van der Waals surface area (Å²) in [5, 5.41) is 6.14. The average molecular weight is 274 g/mol. The van der Waals surface area contributed by atoms with Gasteiger partial charge in [0, 0.05) is 12.2 Å². The zero-order chi connectivity index (χ0) is 14.2. The van der Waals surface area contributed by atoms with E-state index in [0.717, 1.165) is 30.5 Å². The van der Waals surface area contributed by atoms with Crippen LogP contribution in [0.25, 0.3) is 0 Å². The van der Waals surface area contributed by atoms with Crippen LogP contribution >= 0.6 is 0 Å². The number of benzene rings is 1. The van der Waals surface area contributed by atoms with Gasteiger partial charge in [0.2, 0.25) is 5.91 Å². The summed E-state index contributed by atoms with van der Waals surface area (Å²) in [4.78, 5) is 11.7. The lowest BCUT2D eigenvalue weighted by molar-refractivity contribution is -0.119. The molecule has 1 fully saturated rings. The lowest BCUT2D eigenvalue weighted by atomic mass is 9.81. The van der Waals surface area contributed by atoms with Crippen LogP contribution in [0.3, 0.4) is 0 Å². The molecular formula is C17H26N2O. The van der Waals surface area contributed by atoms with E-state index in [1.807, 2.05) is 30.3 Å². The van der Waals surface area contributed by atoms with Gasteiger partial charge in [0.25, 0.3) is 0 Å². The zero-order valence-electron chi connectivity index (χ0n) is 12.4. The molecule has 2 unspecified atom stereocenters. The number of para-hydroxylation sites is 1. The molecule has 2 atom stereocenters. The Morgan fingerprint density at radius 2 is 2.05 bits per heavy atom. The molecule has 1 amide bonds. The number of carbonyl (C=O) groups is 1. The van der Waals surface area contributed by atoms with E-state index in [-0.39, 0.29) is 5.91 Å². The molecule has 0 heterocycles. The summed E-state index contributed by atoms with van der Waals surface area (Å²) in [5.41, 5.74) is 0.990. The van der Waals surface area contributed by atoms with Gasteiger partial charge < -0.3 is 10.6 Å². The summed E-state index contributed by atoms with van der Waals surface area (Å²) in [6.07, 6.45) is 6.53. The Morgan fingerprint density at radius 3 is 2.80 bits per heavy atom. The molecule has 110 valence electrons. The van der Waals surface area contributed by atoms with Gasteiger partial charge in [-0.15, -0.1) is 0 Å². The molecular weight excluding hydrogens is 248 g/mol. The number of hydrogen-bond acceptors (Lipinski definition) is 2. The Labute approximate surface area is 122 Å². The lowest BCUT2D eigenvalue weighted by Crippen LogP contribution is -2.32. The first kappa shape index (κ1) is 14.9. The fourth-order valence-electron chi connectivity index (χ4n) is 3.04. The summed E-state index contributed by atoms with van der Waals surface area (Å²) < 4.78 is 0. The second-order valence-electron chi connectivity index (χ2n) is 6.00. The van der Waals surface area contributed by atoms with Gasteiger partial charge in [0.1, 0.15) is 0 Å². The standard InChI is InChI=1S/C17H26N2O/c1-14-6-5-7-15(12-14)10-11-18-17(20)13-19-16-8-3-2-4-9-16/h2-4,8-9,14-15,19H,5-7,10-13H2,1H3,(H,18,20). The molecule has 3 nitrogen and oxygen atoms in total. The molecule has 1 aromatic carbocycles. The van der Waals surface area contributed by atoms with Gasteiger partial charge in [-0.05, 0) is 36.8 Å². The van der Waals surface area contributed by atoms with Crippen LogP contribution in [0.2, 0.25) is 0 Å². The molecule has 3 heteroatoms. The minimum absolute atomic E-state index is 0.0812. The Morgan fingerprint density at radius 1 is 1.25 bits per heavy atom. The topological polar surface area (TPSA) is 41.1 Å². The molecule has 20 heavy (non-hydrogen) atoms. The smallest absolute Gasteiger partial charge is 0.239 e. The van der Waals surface area contributed by atoms with Gasteiger partial charge in [0.05, 0.1) is 6.54 Å². The predicted octanol–water partition coefficient (Wildman–Crippen LogP) is 3.43. The monoisotopic (exact) mass is 274 g/mol. The molecule has 2 N–H and O–H groups in total. The number of rotatable bonds is 6. The van der Waals surface area contributed by atoms with Crippen molar-refractivity contribution in [2.45, 2.75) is 39.0 Å². The maximum absolute atomic E-state index is 11.7. The quantitative estimate of drug-likeness (QED) is 0.834. The highest BCUT2D eigenvalue weighted by atomic mass is 16.1. The van der Waals surface area contributed by atoms with Crippen LogP contribution in [0.1, 0.15) is 39.0 Å². The minimum atomic E-state index is 0.0812. The predicted molar refractivity (Wildman–Crippen MR) is 83.7 cm³/mol. The summed E-state index contributed by atoms with van der Waals surface area (Å²) in [6.45, 7) is 3.51. The van der Waals surface area contributed by atoms with E-state index in [1.54, 1.807) is 0 Å². The first-order chi connectivity index (χ1) is 9.74. The van der Waals surface area contributed by atoms with Crippen molar-refractivity contribution in [1.29, 1.82) is 0 Å². The molecule has 0 spiro atoms. The number of nitrogens with one attached hydrogen (secondary N) is 2. The molecule has 1 aromatic rings. The van der Waals surface area contributed by atoms with E-state index < -0.39 is 0 Å². The van der Waals surface area contributed by atoms with Gasteiger partial charge in [-0.3, -0.25) is 4.79 Å².